The second kappa shape index (κ2) is 7.63. The summed E-state index contributed by atoms with van der Waals surface area (Å²) in [6.07, 6.45) is 1.12. The predicted molar refractivity (Wildman–Crippen MR) is 92.0 cm³/mol. The number of rotatable bonds is 6. The summed E-state index contributed by atoms with van der Waals surface area (Å²) in [7, 11) is 0. The van der Waals surface area contributed by atoms with Gasteiger partial charge in [0.05, 0.1) is 6.04 Å². The van der Waals surface area contributed by atoms with Crippen LogP contribution in [0.3, 0.4) is 0 Å². The third kappa shape index (κ3) is 4.59. The fourth-order valence-corrected chi connectivity index (χ4v) is 2.78. The van der Waals surface area contributed by atoms with E-state index < -0.39 is 0 Å². The van der Waals surface area contributed by atoms with Gasteiger partial charge >= 0.3 is 0 Å². The van der Waals surface area contributed by atoms with Gasteiger partial charge in [-0.25, -0.2) is 0 Å². The second-order valence-electron chi connectivity index (χ2n) is 5.89. The molecule has 1 atom stereocenters. The predicted octanol–water partition coefficient (Wildman–Crippen LogP) is 5.24. The molecule has 0 aromatic heterocycles. The van der Waals surface area contributed by atoms with Crippen molar-refractivity contribution in [3.63, 3.8) is 0 Å². The Balaban J connectivity index is 2.31. The molecule has 0 bridgehead atoms. The van der Waals surface area contributed by atoms with E-state index in [4.69, 9.17) is 11.6 Å². The molecule has 0 fully saturated rings. The molecule has 0 aliphatic rings. The summed E-state index contributed by atoms with van der Waals surface area (Å²) in [4.78, 5) is 0. The maximum Gasteiger partial charge on any atom is 0.0576 e. The zero-order valence-electron chi connectivity index (χ0n) is 13.1. The molecule has 1 unspecified atom stereocenters. The summed E-state index contributed by atoms with van der Waals surface area (Å²) < 4.78 is 0. The van der Waals surface area contributed by atoms with E-state index in [1.54, 1.807) is 0 Å². The maximum atomic E-state index is 6.00. The smallest absolute Gasteiger partial charge is 0.0576 e. The third-order valence-electron chi connectivity index (χ3n) is 3.54. The average Bonchev–Trinajstić information content (AvgIpc) is 2.45. The standard InChI is InChI=1S/C19H24ClN/c1-4-21-19(16-8-10-18(20)11-9-16)17-7-5-6-15(13-17)12-14(2)3/h5-11,13-14,19,21H,4,12H2,1-3H3. The van der Waals surface area contributed by atoms with Crippen LogP contribution in [0.15, 0.2) is 48.5 Å². The van der Waals surface area contributed by atoms with Crippen molar-refractivity contribution in [2.45, 2.75) is 33.2 Å². The van der Waals surface area contributed by atoms with Gasteiger partial charge in [0, 0.05) is 5.02 Å². The minimum Gasteiger partial charge on any atom is -0.307 e. The monoisotopic (exact) mass is 301 g/mol. The molecule has 0 saturated carbocycles. The van der Waals surface area contributed by atoms with Gasteiger partial charge in [-0.15, -0.1) is 0 Å². The fraction of sp³-hybridized carbons (Fsp3) is 0.368. The third-order valence-corrected chi connectivity index (χ3v) is 3.79. The first kappa shape index (κ1) is 16.1. The number of halogens is 1. The highest BCUT2D eigenvalue weighted by Crippen LogP contribution is 2.25. The first-order valence-corrected chi connectivity index (χ1v) is 8.05. The van der Waals surface area contributed by atoms with E-state index in [0.717, 1.165) is 18.0 Å². The van der Waals surface area contributed by atoms with E-state index in [-0.39, 0.29) is 6.04 Å². The lowest BCUT2D eigenvalue weighted by atomic mass is 9.94. The Labute approximate surface area is 133 Å². The Hall–Kier alpha value is -1.31. The summed E-state index contributed by atoms with van der Waals surface area (Å²) in [5, 5.41) is 4.35. The fourth-order valence-electron chi connectivity index (χ4n) is 2.66. The van der Waals surface area contributed by atoms with Crippen LogP contribution < -0.4 is 5.32 Å². The second-order valence-corrected chi connectivity index (χ2v) is 6.32. The molecule has 2 aromatic rings. The van der Waals surface area contributed by atoms with Crippen LogP contribution in [0.2, 0.25) is 5.02 Å². The molecule has 2 heteroatoms. The van der Waals surface area contributed by atoms with Gasteiger partial charge in [-0.05, 0) is 47.7 Å². The molecule has 112 valence electrons. The lowest BCUT2D eigenvalue weighted by Crippen LogP contribution is -2.22. The van der Waals surface area contributed by atoms with Crippen LogP contribution in [0.1, 0.15) is 43.5 Å². The highest BCUT2D eigenvalue weighted by Gasteiger charge is 2.13. The van der Waals surface area contributed by atoms with Gasteiger partial charge in [0.2, 0.25) is 0 Å². The van der Waals surface area contributed by atoms with Gasteiger partial charge in [0.25, 0.3) is 0 Å². The molecule has 2 rings (SSSR count). The zero-order chi connectivity index (χ0) is 15.2. The van der Waals surface area contributed by atoms with Crippen molar-refractivity contribution in [2.75, 3.05) is 6.54 Å². The highest BCUT2D eigenvalue weighted by molar-refractivity contribution is 6.30. The number of benzene rings is 2. The molecular weight excluding hydrogens is 278 g/mol. The van der Waals surface area contributed by atoms with Crippen LogP contribution in [0.5, 0.6) is 0 Å². The van der Waals surface area contributed by atoms with Gasteiger partial charge in [-0.3, -0.25) is 0 Å². The molecule has 0 saturated heterocycles. The normalized spacial score (nSPS) is 12.6. The minimum atomic E-state index is 0.222. The quantitative estimate of drug-likeness (QED) is 0.769. The van der Waals surface area contributed by atoms with Crippen molar-refractivity contribution in [1.29, 1.82) is 0 Å². The summed E-state index contributed by atoms with van der Waals surface area (Å²) in [6, 6.07) is 17.2. The van der Waals surface area contributed by atoms with Crippen molar-refractivity contribution in [1.82, 2.24) is 5.32 Å². The summed E-state index contributed by atoms with van der Waals surface area (Å²) in [5.74, 6) is 0.674. The van der Waals surface area contributed by atoms with E-state index in [9.17, 15) is 0 Å². The van der Waals surface area contributed by atoms with Gasteiger partial charge in [0.15, 0.2) is 0 Å². The van der Waals surface area contributed by atoms with Crippen LogP contribution in [0.25, 0.3) is 0 Å². The lowest BCUT2D eigenvalue weighted by Gasteiger charge is -2.20. The maximum absolute atomic E-state index is 6.00. The first-order chi connectivity index (χ1) is 10.1. The van der Waals surface area contributed by atoms with Crippen molar-refractivity contribution < 1.29 is 0 Å². The molecule has 0 aliphatic heterocycles. The molecule has 0 radical (unpaired) electrons. The van der Waals surface area contributed by atoms with Crippen LogP contribution in [0.4, 0.5) is 0 Å². The Morgan fingerprint density at radius 3 is 2.33 bits per heavy atom. The molecular formula is C19H24ClN. The molecule has 1 nitrogen and oxygen atoms in total. The summed E-state index contributed by atoms with van der Waals surface area (Å²) in [5.41, 5.74) is 3.97. The van der Waals surface area contributed by atoms with Crippen molar-refractivity contribution >= 4 is 11.6 Å². The molecule has 1 N–H and O–H groups in total. The number of hydrogen-bond acceptors (Lipinski definition) is 1. The SMILES string of the molecule is CCNC(c1ccc(Cl)cc1)c1cccc(CC(C)C)c1. The first-order valence-electron chi connectivity index (χ1n) is 7.67. The van der Waals surface area contributed by atoms with E-state index in [0.29, 0.717) is 5.92 Å². The van der Waals surface area contributed by atoms with Gasteiger partial charge in [0.1, 0.15) is 0 Å². The molecule has 0 spiro atoms. The molecule has 0 amide bonds. The Morgan fingerprint density at radius 1 is 1.00 bits per heavy atom. The van der Waals surface area contributed by atoms with Crippen molar-refractivity contribution in [2.24, 2.45) is 5.92 Å². The summed E-state index contributed by atoms with van der Waals surface area (Å²) in [6.45, 7) is 7.59. The highest BCUT2D eigenvalue weighted by atomic mass is 35.5. The van der Waals surface area contributed by atoms with Crippen LogP contribution >= 0.6 is 11.6 Å². The topological polar surface area (TPSA) is 12.0 Å². The van der Waals surface area contributed by atoms with E-state index in [1.807, 2.05) is 12.1 Å². The van der Waals surface area contributed by atoms with Crippen LogP contribution in [0, 0.1) is 5.92 Å². The lowest BCUT2D eigenvalue weighted by molar-refractivity contribution is 0.623. The Kier molecular flexibility index (Phi) is 5.84. The largest absolute Gasteiger partial charge is 0.307 e. The molecule has 2 aromatic carbocycles. The van der Waals surface area contributed by atoms with E-state index in [1.165, 1.54) is 16.7 Å². The Morgan fingerprint density at radius 2 is 1.71 bits per heavy atom. The number of hydrogen-bond donors (Lipinski definition) is 1. The summed E-state index contributed by atoms with van der Waals surface area (Å²) >= 11 is 6.00. The number of nitrogens with one attached hydrogen (secondary N) is 1. The van der Waals surface area contributed by atoms with Gasteiger partial charge in [-0.2, -0.15) is 0 Å². The molecule has 21 heavy (non-hydrogen) atoms. The Bertz CT molecular complexity index is 560. The average molecular weight is 302 g/mol. The molecule has 0 heterocycles. The van der Waals surface area contributed by atoms with Gasteiger partial charge < -0.3 is 5.32 Å². The van der Waals surface area contributed by atoms with Crippen molar-refractivity contribution in [3.8, 4) is 0 Å². The molecule has 0 aliphatic carbocycles. The minimum absolute atomic E-state index is 0.222. The van der Waals surface area contributed by atoms with Gasteiger partial charge in [-0.1, -0.05) is 68.8 Å². The van der Waals surface area contributed by atoms with Crippen LogP contribution in [-0.4, -0.2) is 6.54 Å². The van der Waals surface area contributed by atoms with E-state index >= 15 is 0 Å². The zero-order valence-corrected chi connectivity index (χ0v) is 13.8. The van der Waals surface area contributed by atoms with Crippen LogP contribution in [-0.2, 0) is 6.42 Å². The van der Waals surface area contributed by atoms with Crippen molar-refractivity contribution in [3.05, 3.63) is 70.2 Å². The van der Waals surface area contributed by atoms with E-state index in [2.05, 4.69) is 62.5 Å².